The van der Waals surface area contributed by atoms with E-state index in [4.69, 9.17) is 16.6 Å². The van der Waals surface area contributed by atoms with Gasteiger partial charge in [-0.05, 0) is 11.6 Å². The van der Waals surface area contributed by atoms with Crippen molar-refractivity contribution in [1.29, 1.82) is 0 Å². The number of hydrogen-bond donors (Lipinski definition) is 4. The Morgan fingerprint density at radius 3 is 2.56 bits per heavy atom. The van der Waals surface area contributed by atoms with Gasteiger partial charge in [-0.15, -0.1) is 0 Å². The third-order valence-corrected chi connectivity index (χ3v) is 2.03. The van der Waals surface area contributed by atoms with Crippen LogP contribution in [-0.4, -0.2) is 23.1 Å². The summed E-state index contributed by atoms with van der Waals surface area (Å²) in [6.07, 6.45) is 0.131. The number of urea groups is 1. The summed E-state index contributed by atoms with van der Waals surface area (Å²) in [7, 11) is 0. The summed E-state index contributed by atoms with van der Waals surface area (Å²) in [4.78, 5) is 21.3. The van der Waals surface area contributed by atoms with Crippen molar-refractivity contribution in [3.8, 4) is 0 Å². The number of carboxylic acid groups (broad SMARTS) is 1. The molecule has 6 heteroatoms. The van der Waals surface area contributed by atoms with Crippen LogP contribution in [0.25, 0.3) is 0 Å². The number of nitrogens with two attached hydrogens (primary N) is 2. The van der Waals surface area contributed by atoms with E-state index >= 15 is 0 Å². The molecule has 6 N–H and O–H groups in total. The Hall–Kier alpha value is -2.08. The second kappa shape index (κ2) is 5.13. The quantitative estimate of drug-likeness (QED) is 0.580. The molecule has 0 aliphatic heterocycles. The molecule has 2 amide bonds. The van der Waals surface area contributed by atoms with Crippen LogP contribution in [0.15, 0.2) is 24.3 Å². The van der Waals surface area contributed by atoms with E-state index in [0.29, 0.717) is 11.3 Å². The summed E-state index contributed by atoms with van der Waals surface area (Å²) < 4.78 is 0. The molecule has 0 aliphatic carbocycles. The van der Waals surface area contributed by atoms with E-state index < -0.39 is 18.0 Å². The zero-order valence-corrected chi connectivity index (χ0v) is 8.51. The van der Waals surface area contributed by atoms with Crippen LogP contribution in [0.2, 0.25) is 0 Å². The normalized spacial score (nSPS) is 11.8. The number of benzene rings is 1. The van der Waals surface area contributed by atoms with Gasteiger partial charge < -0.3 is 21.9 Å². The number of carbonyl (C=O) groups excluding carboxylic acids is 1. The molecular weight excluding hydrogens is 210 g/mol. The van der Waals surface area contributed by atoms with Crippen molar-refractivity contribution in [1.82, 2.24) is 0 Å². The first-order chi connectivity index (χ1) is 7.50. The van der Waals surface area contributed by atoms with E-state index in [-0.39, 0.29) is 6.42 Å². The van der Waals surface area contributed by atoms with E-state index in [9.17, 15) is 9.59 Å². The fraction of sp³-hybridized carbons (Fsp3) is 0.200. The Kier molecular flexibility index (Phi) is 3.84. The zero-order valence-electron chi connectivity index (χ0n) is 8.51. The molecule has 6 nitrogen and oxygen atoms in total. The first-order valence-electron chi connectivity index (χ1n) is 4.63. The van der Waals surface area contributed by atoms with E-state index in [1.807, 2.05) is 0 Å². The monoisotopic (exact) mass is 223 g/mol. The number of para-hydroxylation sites is 1. The smallest absolute Gasteiger partial charge is 0.320 e. The van der Waals surface area contributed by atoms with Gasteiger partial charge in [0.15, 0.2) is 0 Å². The van der Waals surface area contributed by atoms with Crippen molar-refractivity contribution in [2.24, 2.45) is 11.5 Å². The van der Waals surface area contributed by atoms with Crippen molar-refractivity contribution in [3.05, 3.63) is 29.8 Å². The second-order valence-electron chi connectivity index (χ2n) is 3.30. The van der Waals surface area contributed by atoms with Crippen LogP contribution in [0.3, 0.4) is 0 Å². The highest BCUT2D eigenvalue weighted by Gasteiger charge is 2.14. The molecule has 0 heterocycles. The number of amides is 2. The molecule has 0 spiro atoms. The minimum absolute atomic E-state index is 0.131. The van der Waals surface area contributed by atoms with Gasteiger partial charge in [0.25, 0.3) is 0 Å². The first-order valence-corrected chi connectivity index (χ1v) is 4.63. The zero-order chi connectivity index (χ0) is 12.1. The van der Waals surface area contributed by atoms with Crippen molar-refractivity contribution in [2.75, 3.05) is 5.32 Å². The van der Waals surface area contributed by atoms with E-state index in [0.717, 1.165) is 0 Å². The van der Waals surface area contributed by atoms with Gasteiger partial charge in [0, 0.05) is 12.1 Å². The number of rotatable bonds is 4. The molecule has 1 aromatic rings. The topological polar surface area (TPSA) is 118 Å². The molecule has 0 bridgehead atoms. The predicted octanol–water partition coefficient (Wildman–Crippen LogP) is 0.132. The van der Waals surface area contributed by atoms with Crippen LogP contribution in [-0.2, 0) is 11.2 Å². The van der Waals surface area contributed by atoms with Crippen LogP contribution < -0.4 is 16.8 Å². The summed E-state index contributed by atoms with van der Waals surface area (Å²) in [6, 6.07) is 5.06. The summed E-state index contributed by atoms with van der Waals surface area (Å²) in [5.41, 5.74) is 11.5. The van der Waals surface area contributed by atoms with E-state index in [1.165, 1.54) is 0 Å². The molecule has 0 radical (unpaired) electrons. The summed E-state index contributed by atoms with van der Waals surface area (Å²) in [5, 5.41) is 11.1. The van der Waals surface area contributed by atoms with Gasteiger partial charge in [0.05, 0.1) is 0 Å². The Morgan fingerprint density at radius 2 is 2.00 bits per heavy atom. The first kappa shape index (κ1) is 12.0. The van der Waals surface area contributed by atoms with Gasteiger partial charge in [-0.2, -0.15) is 0 Å². The third kappa shape index (κ3) is 3.25. The SMILES string of the molecule is NC(=O)Nc1ccccc1C[C@H](N)C(=O)O. The lowest BCUT2D eigenvalue weighted by Crippen LogP contribution is -2.32. The largest absolute Gasteiger partial charge is 0.480 e. The number of nitrogens with one attached hydrogen (secondary N) is 1. The number of primary amides is 1. The Balaban J connectivity index is 2.86. The molecule has 1 atom stereocenters. The lowest BCUT2D eigenvalue weighted by atomic mass is 10.0. The molecule has 0 aromatic heterocycles. The Bertz CT molecular complexity index is 406. The molecular formula is C10H13N3O3. The number of carbonyl (C=O) groups is 2. The maximum Gasteiger partial charge on any atom is 0.320 e. The lowest BCUT2D eigenvalue weighted by molar-refractivity contribution is -0.138. The molecule has 0 aliphatic rings. The van der Waals surface area contributed by atoms with Gasteiger partial charge in [0.1, 0.15) is 6.04 Å². The van der Waals surface area contributed by atoms with Crippen LogP contribution in [0.1, 0.15) is 5.56 Å². The van der Waals surface area contributed by atoms with Crippen LogP contribution >= 0.6 is 0 Å². The van der Waals surface area contributed by atoms with Gasteiger partial charge in [0.2, 0.25) is 0 Å². The van der Waals surface area contributed by atoms with Gasteiger partial charge >= 0.3 is 12.0 Å². The fourth-order valence-corrected chi connectivity index (χ4v) is 1.28. The highest BCUT2D eigenvalue weighted by atomic mass is 16.4. The third-order valence-electron chi connectivity index (χ3n) is 2.03. The van der Waals surface area contributed by atoms with Crippen LogP contribution in [0.4, 0.5) is 10.5 Å². The molecule has 1 rings (SSSR count). The minimum atomic E-state index is -1.09. The van der Waals surface area contributed by atoms with Crippen LogP contribution in [0, 0.1) is 0 Å². The number of anilines is 1. The minimum Gasteiger partial charge on any atom is -0.480 e. The molecule has 0 fully saturated rings. The van der Waals surface area contributed by atoms with Crippen molar-refractivity contribution < 1.29 is 14.7 Å². The molecule has 86 valence electrons. The van der Waals surface area contributed by atoms with Crippen LogP contribution in [0.5, 0.6) is 0 Å². The second-order valence-corrected chi connectivity index (χ2v) is 3.30. The number of hydrogen-bond acceptors (Lipinski definition) is 3. The molecule has 16 heavy (non-hydrogen) atoms. The van der Waals surface area contributed by atoms with Gasteiger partial charge in [-0.3, -0.25) is 4.79 Å². The predicted molar refractivity (Wildman–Crippen MR) is 59.0 cm³/mol. The summed E-state index contributed by atoms with van der Waals surface area (Å²) in [6.45, 7) is 0. The molecule has 0 saturated carbocycles. The molecule has 0 unspecified atom stereocenters. The van der Waals surface area contributed by atoms with Gasteiger partial charge in [-0.25, -0.2) is 4.79 Å². The van der Waals surface area contributed by atoms with Crippen molar-refractivity contribution in [2.45, 2.75) is 12.5 Å². The fourth-order valence-electron chi connectivity index (χ4n) is 1.28. The standard InChI is InChI=1S/C10H13N3O3/c11-7(9(14)15)5-6-3-1-2-4-8(6)13-10(12)16/h1-4,7H,5,11H2,(H,14,15)(H3,12,13,16)/t7-/m0/s1. The van der Waals surface area contributed by atoms with E-state index in [2.05, 4.69) is 5.32 Å². The average Bonchev–Trinajstić information content (AvgIpc) is 2.20. The van der Waals surface area contributed by atoms with Crippen molar-refractivity contribution in [3.63, 3.8) is 0 Å². The average molecular weight is 223 g/mol. The lowest BCUT2D eigenvalue weighted by Gasteiger charge is -2.11. The van der Waals surface area contributed by atoms with E-state index in [1.54, 1.807) is 24.3 Å². The number of aliphatic carboxylic acids is 1. The maximum absolute atomic E-state index is 10.7. The maximum atomic E-state index is 10.7. The summed E-state index contributed by atoms with van der Waals surface area (Å²) in [5.74, 6) is -1.09. The summed E-state index contributed by atoms with van der Waals surface area (Å²) >= 11 is 0. The number of carboxylic acids is 1. The Morgan fingerprint density at radius 1 is 1.38 bits per heavy atom. The highest BCUT2D eigenvalue weighted by molar-refractivity contribution is 5.88. The molecule has 1 aromatic carbocycles. The van der Waals surface area contributed by atoms with Crippen molar-refractivity contribution >= 4 is 17.7 Å². The van der Waals surface area contributed by atoms with Gasteiger partial charge in [-0.1, -0.05) is 18.2 Å². The Labute approximate surface area is 92.2 Å². The molecule has 0 saturated heterocycles. The highest BCUT2D eigenvalue weighted by Crippen LogP contribution is 2.16.